The van der Waals surface area contributed by atoms with Crippen molar-refractivity contribution in [1.29, 1.82) is 0 Å². The zero-order chi connectivity index (χ0) is 17.2. The molecular formula is C16H26N4O2S. The highest BCUT2D eigenvalue weighted by molar-refractivity contribution is 7.09. The van der Waals surface area contributed by atoms with Crippen LogP contribution in [0.4, 0.5) is 4.79 Å². The van der Waals surface area contributed by atoms with E-state index in [0.29, 0.717) is 13.1 Å². The second-order valence-corrected chi connectivity index (χ2v) is 8.06. The van der Waals surface area contributed by atoms with E-state index in [1.54, 1.807) is 16.2 Å². The summed E-state index contributed by atoms with van der Waals surface area (Å²) in [6, 6.07) is -0.585. The summed E-state index contributed by atoms with van der Waals surface area (Å²) in [5.41, 5.74) is 6.35. The first kappa shape index (κ1) is 17.7. The smallest absolute Gasteiger partial charge is 0.314 e. The van der Waals surface area contributed by atoms with Crippen molar-refractivity contribution < 1.29 is 9.59 Å². The average molecular weight is 338 g/mol. The number of aromatic nitrogens is 1. The maximum atomic E-state index is 12.4. The van der Waals surface area contributed by atoms with E-state index >= 15 is 0 Å². The van der Waals surface area contributed by atoms with Gasteiger partial charge >= 0.3 is 6.03 Å². The molecule has 3 N–H and O–H groups in total. The fourth-order valence-electron chi connectivity index (χ4n) is 2.62. The van der Waals surface area contributed by atoms with Gasteiger partial charge in [0.15, 0.2) is 0 Å². The molecule has 1 aromatic heterocycles. The van der Waals surface area contributed by atoms with Crippen molar-refractivity contribution >= 4 is 23.3 Å². The van der Waals surface area contributed by atoms with Crippen molar-refractivity contribution in [3.05, 3.63) is 16.1 Å². The molecule has 7 heteroatoms. The number of amides is 3. The normalized spacial score (nSPS) is 20.2. The van der Waals surface area contributed by atoms with Gasteiger partial charge in [-0.15, -0.1) is 11.3 Å². The predicted molar refractivity (Wildman–Crippen MR) is 91.3 cm³/mol. The molecule has 1 saturated heterocycles. The van der Waals surface area contributed by atoms with E-state index in [4.69, 9.17) is 5.73 Å². The first-order chi connectivity index (χ1) is 10.7. The number of nitrogens with zero attached hydrogens (tertiary/aromatic N) is 2. The minimum Gasteiger partial charge on any atom is -0.351 e. The standard InChI is InChI=1S/C16H26N4O2S/c1-10(14-19-12(9-23-14)16(2,3)4)18-13(21)11-6-5-7-20(8-11)15(17)22/h9-11H,5-8H2,1-4H3,(H2,17,22)(H,18,21)/t10-,11+/m0/s1. The monoisotopic (exact) mass is 338 g/mol. The summed E-state index contributed by atoms with van der Waals surface area (Å²) in [5, 5.41) is 5.98. The maximum Gasteiger partial charge on any atom is 0.314 e. The number of piperidine rings is 1. The maximum absolute atomic E-state index is 12.4. The van der Waals surface area contributed by atoms with Gasteiger partial charge in [0.25, 0.3) is 0 Å². The van der Waals surface area contributed by atoms with Crippen molar-refractivity contribution in [1.82, 2.24) is 15.2 Å². The van der Waals surface area contributed by atoms with Crippen LogP contribution in [-0.2, 0) is 10.2 Å². The van der Waals surface area contributed by atoms with Crippen molar-refractivity contribution in [3.8, 4) is 0 Å². The lowest BCUT2D eigenvalue weighted by Crippen LogP contribution is -2.47. The molecular weight excluding hydrogens is 312 g/mol. The largest absolute Gasteiger partial charge is 0.351 e. The second kappa shape index (κ2) is 6.86. The van der Waals surface area contributed by atoms with E-state index in [1.165, 1.54) is 0 Å². The molecule has 0 spiro atoms. The molecule has 0 aromatic carbocycles. The minimum absolute atomic E-state index is 0.00381. The number of urea groups is 1. The summed E-state index contributed by atoms with van der Waals surface area (Å²) in [6.45, 7) is 9.34. The third kappa shape index (κ3) is 4.43. The summed E-state index contributed by atoms with van der Waals surface area (Å²) >= 11 is 1.57. The molecule has 2 atom stereocenters. The van der Waals surface area contributed by atoms with Gasteiger partial charge in [-0.1, -0.05) is 20.8 Å². The Bertz CT molecular complexity index is 579. The van der Waals surface area contributed by atoms with Gasteiger partial charge in [-0.2, -0.15) is 0 Å². The van der Waals surface area contributed by atoms with Crippen LogP contribution in [0.3, 0.4) is 0 Å². The fraction of sp³-hybridized carbons (Fsp3) is 0.688. The van der Waals surface area contributed by atoms with Crippen LogP contribution in [0.2, 0.25) is 0 Å². The van der Waals surface area contributed by atoms with Crippen LogP contribution in [0.25, 0.3) is 0 Å². The molecule has 128 valence electrons. The van der Waals surface area contributed by atoms with Gasteiger partial charge in [0.1, 0.15) is 5.01 Å². The van der Waals surface area contributed by atoms with Gasteiger partial charge < -0.3 is 16.0 Å². The molecule has 0 saturated carbocycles. The molecule has 2 rings (SSSR count). The molecule has 1 fully saturated rings. The highest BCUT2D eigenvalue weighted by Crippen LogP contribution is 2.27. The van der Waals surface area contributed by atoms with Crippen molar-refractivity contribution in [2.24, 2.45) is 11.7 Å². The Morgan fingerprint density at radius 3 is 2.74 bits per heavy atom. The fourth-order valence-corrected chi connectivity index (χ4v) is 3.67. The van der Waals surface area contributed by atoms with Crippen LogP contribution in [-0.4, -0.2) is 34.9 Å². The zero-order valence-electron chi connectivity index (χ0n) is 14.3. The lowest BCUT2D eigenvalue weighted by molar-refractivity contribution is -0.126. The number of primary amides is 1. The highest BCUT2D eigenvalue weighted by Gasteiger charge is 2.29. The van der Waals surface area contributed by atoms with Gasteiger partial charge in [0.2, 0.25) is 5.91 Å². The summed E-state index contributed by atoms with van der Waals surface area (Å²) in [5.74, 6) is -0.225. The lowest BCUT2D eigenvalue weighted by atomic mass is 9.93. The highest BCUT2D eigenvalue weighted by atomic mass is 32.1. The first-order valence-electron chi connectivity index (χ1n) is 7.99. The number of nitrogens with two attached hydrogens (primary N) is 1. The van der Waals surface area contributed by atoms with Crippen LogP contribution < -0.4 is 11.1 Å². The molecule has 0 bridgehead atoms. The Kier molecular flexibility index (Phi) is 5.29. The van der Waals surface area contributed by atoms with Gasteiger partial charge in [0, 0.05) is 23.9 Å². The number of hydrogen-bond donors (Lipinski definition) is 2. The SMILES string of the molecule is C[C@H](NC(=O)[C@@H]1CCCN(C(N)=O)C1)c1nc(C(C)(C)C)cs1. The number of thiazole rings is 1. The van der Waals surface area contributed by atoms with Crippen LogP contribution in [0, 0.1) is 5.92 Å². The summed E-state index contributed by atoms with van der Waals surface area (Å²) in [7, 11) is 0. The number of hydrogen-bond acceptors (Lipinski definition) is 4. The molecule has 6 nitrogen and oxygen atoms in total. The number of carbonyl (C=O) groups is 2. The van der Waals surface area contributed by atoms with Crippen LogP contribution in [0.15, 0.2) is 5.38 Å². The van der Waals surface area contributed by atoms with Crippen LogP contribution in [0.5, 0.6) is 0 Å². The summed E-state index contributed by atoms with van der Waals surface area (Å²) < 4.78 is 0. The molecule has 1 aromatic rings. The van der Waals surface area contributed by atoms with Gasteiger partial charge in [-0.05, 0) is 19.8 Å². The summed E-state index contributed by atoms with van der Waals surface area (Å²) in [4.78, 5) is 29.9. The Labute approximate surface area is 141 Å². The van der Waals surface area contributed by atoms with Gasteiger partial charge in [-0.25, -0.2) is 9.78 Å². The lowest BCUT2D eigenvalue weighted by Gasteiger charge is -2.31. The summed E-state index contributed by atoms with van der Waals surface area (Å²) in [6.07, 6.45) is 1.59. The van der Waals surface area contributed by atoms with Crippen molar-refractivity contribution in [2.75, 3.05) is 13.1 Å². The quantitative estimate of drug-likeness (QED) is 0.887. The molecule has 0 radical (unpaired) electrons. The minimum atomic E-state index is -0.453. The Hall–Kier alpha value is -1.63. The van der Waals surface area contributed by atoms with E-state index in [1.807, 2.05) is 12.3 Å². The van der Waals surface area contributed by atoms with Crippen molar-refractivity contribution in [2.45, 2.75) is 52.0 Å². The molecule has 0 unspecified atom stereocenters. The molecule has 3 amide bonds. The van der Waals surface area contributed by atoms with Crippen LogP contribution >= 0.6 is 11.3 Å². The van der Waals surface area contributed by atoms with E-state index < -0.39 is 6.03 Å². The first-order valence-corrected chi connectivity index (χ1v) is 8.87. The molecule has 23 heavy (non-hydrogen) atoms. The van der Waals surface area contributed by atoms with E-state index in [2.05, 4.69) is 31.1 Å². The van der Waals surface area contributed by atoms with E-state index in [0.717, 1.165) is 23.5 Å². The number of nitrogens with one attached hydrogen (secondary N) is 1. The van der Waals surface area contributed by atoms with Crippen molar-refractivity contribution in [3.63, 3.8) is 0 Å². The Morgan fingerprint density at radius 1 is 1.48 bits per heavy atom. The third-order valence-corrected chi connectivity index (χ3v) is 5.15. The van der Waals surface area contributed by atoms with Gasteiger partial charge in [0.05, 0.1) is 17.7 Å². The number of carbonyl (C=O) groups excluding carboxylic acids is 2. The van der Waals surface area contributed by atoms with E-state index in [9.17, 15) is 9.59 Å². The zero-order valence-corrected chi connectivity index (χ0v) is 15.1. The van der Waals surface area contributed by atoms with Crippen LogP contribution in [0.1, 0.15) is 57.3 Å². The average Bonchev–Trinajstić information content (AvgIpc) is 2.97. The molecule has 1 aliphatic heterocycles. The van der Waals surface area contributed by atoms with Gasteiger partial charge in [-0.3, -0.25) is 4.79 Å². The second-order valence-electron chi connectivity index (χ2n) is 7.17. The van der Waals surface area contributed by atoms with E-state index in [-0.39, 0.29) is 23.3 Å². The Morgan fingerprint density at radius 2 is 2.17 bits per heavy atom. The number of likely N-dealkylation sites (tertiary alicyclic amines) is 1. The molecule has 2 heterocycles. The number of rotatable bonds is 3. The molecule has 1 aliphatic rings. The Balaban J connectivity index is 1.96. The predicted octanol–water partition coefficient (Wildman–Crippen LogP) is 2.41. The molecule has 0 aliphatic carbocycles. The third-order valence-electron chi connectivity index (χ3n) is 4.12. The topological polar surface area (TPSA) is 88.3 Å².